The van der Waals surface area contributed by atoms with E-state index in [9.17, 15) is 24.6 Å². The number of nitriles is 1. The van der Waals surface area contributed by atoms with Gasteiger partial charge in [0.05, 0.1) is 28.5 Å². The molecule has 1 unspecified atom stereocenters. The maximum atomic E-state index is 14.0. The lowest BCUT2D eigenvalue weighted by Crippen LogP contribution is -2.39. The molecular weight excluding hydrogens is 547 g/mol. The molecule has 0 saturated heterocycles. The molecule has 41 heavy (non-hydrogen) atoms. The van der Waals surface area contributed by atoms with E-state index in [1.165, 1.54) is 11.0 Å². The Morgan fingerprint density at radius 3 is 2.56 bits per heavy atom. The first-order valence-electron chi connectivity index (χ1n) is 13.0. The smallest absolute Gasteiger partial charge is 0.296 e. The lowest BCUT2D eigenvalue weighted by molar-refractivity contribution is -0.384. The van der Waals surface area contributed by atoms with Crippen LogP contribution in [0.2, 0.25) is 5.02 Å². The van der Waals surface area contributed by atoms with Gasteiger partial charge in [0.25, 0.3) is 5.69 Å². The number of anilines is 1. The summed E-state index contributed by atoms with van der Waals surface area (Å²) in [6.07, 6.45) is 1.19. The van der Waals surface area contributed by atoms with Crippen LogP contribution in [0.1, 0.15) is 47.4 Å². The number of hydrogen-bond donors (Lipinski definition) is 1. The van der Waals surface area contributed by atoms with Crippen LogP contribution < -0.4 is 15.4 Å². The lowest BCUT2D eigenvalue weighted by Gasteiger charge is -2.39. The molecule has 1 aliphatic carbocycles. The number of nitrogens with zero attached hydrogens (tertiary/aromatic N) is 3. The number of halogens is 2. The molecule has 0 bridgehead atoms. The number of nitro benzene ring substituents is 1. The number of allylic oxidation sites excluding steroid dienone is 3. The summed E-state index contributed by atoms with van der Waals surface area (Å²) < 4.78 is 20.0. The van der Waals surface area contributed by atoms with Crippen molar-refractivity contribution in [1.29, 1.82) is 5.26 Å². The summed E-state index contributed by atoms with van der Waals surface area (Å²) in [4.78, 5) is 26.1. The minimum absolute atomic E-state index is 0.0000170. The molecule has 3 aromatic carbocycles. The van der Waals surface area contributed by atoms with Crippen LogP contribution in [-0.2, 0) is 11.4 Å². The average molecular weight is 573 g/mol. The van der Waals surface area contributed by atoms with Crippen LogP contribution in [0, 0.1) is 41.1 Å². The van der Waals surface area contributed by atoms with E-state index in [-0.39, 0.29) is 35.9 Å². The van der Waals surface area contributed by atoms with Gasteiger partial charge in [-0.15, -0.1) is 0 Å². The molecule has 0 fully saturated rings. The quantitative estimate of drug-likeness (QED) is 0.252. The van der Waals surface area contributed by atoms with Gasteiger partial charge in [-0.1, -0.05) is 23.7 Å². The maximum absolute atomic E-state index is 14.0. The molecule has 1 atom stereocenters. The van der Waals surface area contributed by atoms with Crippen molar-refractivity contribution in [2.45, 2.75) is 45.6 Å². The number of ether oxygens (including phenoxy) is 1. The van der Waals surface area contributed by atoms with E-state index >= 15 is 0 Å². The number of carbonyl (C=O) groups excluding carboxylic acids is 1. The Kier molecular flexibility index (Phi) is 7.52. The van der Waals surface area contributed by atoms with Gasteiger partial charge in [-0.3, -0.25) is 19.8 Å². The summed E-state index contributed by atoms with van der Waals surface area (Å²) in [5, 5.41) is 22.8. The molecule has 3 aromatic rings. The highest BCUT2D eigenvalue weighted by Crippen LogP contribution is 2.48. The number of benzene rings is 3. The van der Waals surface area contributed by atoms with Crippen LogP contribution in [0.15, 0.2) is 77.3 Å². The van der Waals surface area contributed by atoms with Crippen molar-refractivity contribution >= 4 is 28.8 Å². The first-order valence-corrected chi connectivity index (χ1v) is 13.4. The van der Waals surface area contributed by atoms with Crippen LogP contribution in [-0.4, -0.2) is 10.7 Å². The highest BCUT2D eigenvalue weighted by Gasteiger charge is 2.42. The van der Waals surface area contributed by atoms with Gasteiger partial charge in [-0.2, -0.15) is 5.26 Å². The normalized spacial score (nSPS) is 16.9. The highest BCUT2D eigenvalue weighted by molar-refractivity contribution is 6.30. The Hall–Kier alpha value is -4.68. The number of aryl methyl sites for hydroxylation is 2. The van der Waals surface area contributed by atoms with Gasteiger partial charge in [0.2, 0.25) is 0 Å². The molecule has 2 aliphatic rings. The van der Waals surface area contributed by atoms with Gasteiger partial charge in [-0.25, -0.2) is 4.39 Å². The minimum Gasteiger partial charge on any atom is -0.489 e. The zero-order chi connectivity index (χ0) is 29.4. The standard InChI is InChI=1S/C31H26ClFN4O4/c1-17-12-18(2)23(13-19(17)16-41-22-9-6-20(32)7-10-22)29-24(15-34)31(35)36(26-4-3-5-28(38)30(26)29)25-11-8-21(33)14-27(25)37(39)40/h6-14,29H,3-5,16,35H2,1-2H3. The molecule has 2 N–H and O–H groups in total. The lowest BCUT2D eigenvalue weighted by atomic mass is 9.74. The van der Waals surface area contributed by atoms with Crippen molar-refractivity contribution < 1.29 is 18.8 Å². The van der Waals surface area contributed by atoms with Crippen molar-refractivity contribution in [3.8, 4) is 11.8 Å². The molecule has 0 amide bonds. The average Bonchev–Trinajstić information content (AvgIpc) is 2.93. The predicted octanol–water partition coefficient (Wildman–Crippen LogP) is 6.89. The summed E-state index contributed by atoms with van der Waals surface area (Å²) in [6, 6.07) is 16.3. The van der Waals surface area contributed by atoms with Gasteiger partial charge < -0.3 is 10.5 Å². The maximum Gasteiger partial charge on any atom is 0.296 e. The number of nitrogens with two attached hydrogens (primary N) is 1. The van der Waals surface area contributed by atoms with Gasteiger partial charge in [0.1, 0.15) is 29.7 Å². The summed E-state index contributed by atoms with van der Waals surface area (Å²) in [6.45, 7) is 4.10. The van der Waals surface area contributed by atoms with E-state index in [2.05, 4.69) is 6.07 Å². The van der Waals surface area contributed by atoms with Crippen LogP contribution in [0.25, 0.3) is 0 Å². The van der Waals surface area contributed by atoms with Crippen LogP contribution in [0.3, 0.4) is 0 Å². The molecule has 8 nitrogen and oxygen atoms in total. The number of Topliss-reactive ketones (excluding diaryl/α,β-unsaturated/α-hetero) is 1. The summed E-state index contributed by atoms with van der Waals surface area (Å²) in [5.41, 5.74) is 10.4. The van der Waals surface area contributed by atoms with Gasteiger partial charge >= 0.3 is 0 Å². The molecule has 208 valence electrons. The molecule has 1 aliphatic heterocycles. The number of ketones is 1. The van der Waals surface area contributed by atoms with E-state index in [0.717, 1.165) is 34.4 Å². The second kappa shape index (κ2) is 11.1. The van der Waals surface area contributed by atoms with Crippen molar-refractivity contribution in [2.24, 2.45) is 5.73 Å². The zero-order valence-electron chi connectivity index (χ0n) is 22.4. The van der Waals surface area contributed by atoms with Crippen molar-refractivity contribution in [3.63, 3.8) is 0 Å². The van der Waals surface area contributed by atoms with Gasteiger partial charge in [0.15, 0.2) is 5.78 Å². The molecular formula is C31H26ClFN4O4. The fourth-order valence-electron chi connectivity index (χ4n) is 5.58. The molecule has 10 heteroatoms. The molecule has 0 radical (unpaired) electrons. The largest absolute Gasteiger partial charge is 0.489 e. The van der Waals surface area contributed by atoms with E-state index in [4.69, 9.17) is 22.1 Å². The van der Waals surface area contributed by atoms with Crippen molar-refractivity contribution in [1.82, 2.24) is 0 Å². The molecule has 0 saturated carbocycles. The number of rotatable bonds is 6. The number of carbonyl (C=O) groups is 1. The molecule has 5 rings (SSSR count). The Morgan fingerprint density at radius 2 is 1.88 bits per heavy atom. The SMILES string of the molecule is Cc1cc(C)c(C2C(C#N)=C(N)N(c3ccc(F)cc3[N+](=O)[O-])C3=C2C(=O)CCC3)cc1COc1ccc(Cl)cc1. The van der Waals surface area contributed by atoms with E-state index in [1.54, 1.807) is 24.3 Å². The van der Waals surface area contributed by atoms with E-state index in [0.29, 0.717) is 34.9 Å². The van der Waals surface area contributed by atoms with Crippen molar-refractivity contribution in [2.75, 3.05) is 4.90 Å². The predicted molar refractivity (Wildman–Crippen MR) is 153 cm³/mol. The Labute approximate surface area is 241 Å². The monoisotopic (exact) mass is 572 g/mol. The highest BCUT2D eigenvalue weighted by atomic mass is 35.5. The molecule has 1 heterocycles. The third-order valence-electron chi connectivity index (χ3n) is 7.53. The van der Waals surface area contributed by atoms with E-state index < -0.39 is 22.3 Å². The Morgan fingerprint density at radius 1 is 1.15 bits per heavy atom. The summed E-state index contributed by atoms with van der Waals surface area (Å²) in [5.74, 6) is -1.10. The minimum atomic E-state index is -0.782. The van der Waals surface area contributed by atoms with Crippen LogP contribution in [0.4, 0.5) is 15.8 Å². The van der Waals surface area contributed by atoms with Crippen LogP contribution in [0.5, 0.6) is 5.75 Å². The molecule has 0 aromatic heterocycles. The van der Waals surface area contributed by atoms with Gasteiger partial charge in [-0.05, 0) is 85.3 Å². The number of nitro groups is 1. The first-order chi connectivity index (χ1) is 19.6. The van der Waals surface area contributed by atoms with Crippen molar-refractivity contribution in [3.05, 3.63) is 120 Å². The topological polar surface area (TPSA) is 122 Å². The summed E-state index contributed by atoms with van der Waals surface area (Å²) >= 11 is 5.98. The Balaban J connectivity index is 1.66. The zero-order valence-corrected chi connectivity index (χ0v) is 23.2. The fraction of sp³-hybridized carbons (Fsp3) is 0.226. The second-order valence-corrected chi connectivity index (χ2v) is 10.5. The van der Waals surface area contributed by atoms with Crippen LogP contribution >= 0.6 is 11.6 Å². The molecule has 0 spiro atoms. The summed E-state index contributed by atoms with van der Waals surface area (Å²) in [7, 11) is 0. The Bertz CT molecular complexity index is 1690. The third kappa shape index (κ3) is 5.14. The fourth-order valence-corrected chi connectivity index (χ4v) is 5.71. The second-order valence-electron chi connectivity index (χ2n) is 10.1. The number of hydrogen-bond acceptors (Lipinski definition) is 7. The first kappa shape index (κ1) is 27.9. The van der Waals surface area contributed by atoms with Gasteiger partial charge in [0, 0.05) is 22.7 Å². The third-order valence-corrected chi connectivity index (χ3v) is 7.78. The van der Waals surface area contributed by atoms with E-state index in [1.807, 2.05) is 26.0 Å².